The third-order valence-electron chi connectivity index (χ3n) is 0.741. The number of aliphatic hydroxyl groups excluding tert-OH is 1. The van der Waals surface area contributed by atoms with Crippen LogP contribution in [0.1, 0.15) is 0 Å². The van der Waals surface area contributed by atoms with Gasteiger partial charge < -0.3 is 5.11 Å². The highest BCUT2D eigenvalue weighted by molar-refractivity contribution is 9.11. The average Bonchev–Trinajstić information content (AvgIpc) is 1.62. The minimum Gasteiger partial charge on any atom is -0.391 e. The zero-order valence-electron chi connectivity index (χ0n) is 6.11. The molecule has 0 fully saturated rings. The van der Waals surface area contributed by atoms with Crippen molar-refractivity contribution < 1.29 is 5.11 Å². The summed E-state index contributed by atoms with van der Waals surface area (Å²) in [6.45, 7) is 6.81. The van der Waals surface area contributed by atoms with Crippen LogP contribution < -0.4 is 0 Å². The van der Waals surface area contributed by atoms with E-state index in [1.54, 1.807) is 0 Å². The average molecular weight is 209 g/mol. The van der Waals surface area contributed by atoms with E-state index >= 15 is 0 Å². The van der Waals surface area contributed by atoms with Crippen LogP contribution in [0.3, 0.4) is 0 Å². The van der Waals surface area contributed by atoms with Crippen molar-refractivity contribution in [2.24, 2.45) is 0 Å². The van der Waals surface area contributed by atoms with E-state index in [1.165, 1.54) is 0 Å². The standard InChI is InChI=1S/C6H13BrOSi/c1-9(2,3)5-6(7)4-8/h5,8H,4H2,1-3H3/b6-5-. The molecule has 0 atom stereocenters. The Morgan fingerprint density at radius 1 is 1.56 bits per heavy atom. The molecule has 0 rings (SSSR count). The van der Waals surface area contributed by atoms with Gasteiger partial charge in [0.15, 0.2) is 0 Å². The molecule has 0 saturated heterocycles. The number of rotatable bonds is 2. The molecule has 0 unspecified atom stereocenters. The molecule has 0 amide bonds. The lowest BCUT2D eigenvalue weighted by Gasteiger charge is -2.09. The molecule has 0 aromatic heterocycles. The third-order valence-corrected chi connectivity index (χ3v) is 2.86. The first-order valence-electron chi connectivity index (χ1n) is 2.94. The fraction of sp³-hybridized carbons (Fsp3) is 0.667. The Morgan fingerprint density at radius 3 is 2.11 bits per heavy atom. The SMILES string of the molecule is C[Si](C)(C)/C=C(\Br)CO. The van der Waals surface area contributed by atoms with Crippen molar-refractivity contribution in [3.8, 4) is 0 Å². The van der Waals surface area contributed by atoms with Crippen LogP contribution >= 0.6 is 15.9 Å². The van der Waals surface area contributed by atoms with E-state index in [2.05, 4.69) is 41.3 Å². The molecule has 54 valence electrons. The van der Waals surface area contributed by atoms with E-state index in [1.807, 2.05) is 0 Å². The van der Waals surface area contributed by atoms with Gasteiger partial charge in [-0.1, -0.05) is 41.3 Å². The summed E-state index contributed by atoms with van der Waals surface area (Å²) in [7, 11) is -1.11. The summed E-state index contributed by atoms with van der Waals surface area (Å²) in [6.07, 6.45) is 0. The molecule has 0 aliphatic heterocycles. The monoisotopic (exact) mass is 208 g/mol. The molecule has 0 saturated carbocycles. The molecular formula is C6H13BrOSi. The van der Waals surface area contributed by atoms with E-state index in [-0.39, 0.29) is 6.61 Å². The first-order valence-corrected chi connectivity index (χ1v) is 7.31. The van der Waals surface area contributed by atoms with Gasteiger partial charge in [-0.2, -0.15) is 0 Å². The maximum atomic E-state index is 8.61. The lowest BCUT2D eigenvalue weighted by molar-refractivity contribution is 0.340. The Labute approximate surface area is 65.9 Å². The zero-order valence-corrected chi connectivity index (χ0v) is 8.70. The van der Waals surface area contributed by atoms with Gasteiger partial charge in [-0.15, -0.1) is 0 Å². The second-order valence-electron chi connectivity index (χ2n) is 3.12. The first kappa shape index (κ1) is 9.40. The quantitative estimate of drug-likeness (QED) is 0.691. The highest BCUT2D eigenvalue weighted by Gasteiger charge is 2.08. The molecule has 0 heterocycles. The van der Waals surface area contributed by atoms with Gasteiger partial charge in [-0.3, -0.25) is 0 Å². The first-order chi connectivity index (χ1) is 3.95. The van der Waals surface area contributed by atoms with Crippen LogP contribution in [-0.4, -0.2) is 19.8 Å². The number of hydrogen-bond donors (Lipinski definition) is 1. The van der Waals surface area contributed by atoms with Crippen molar-refractivity contribution >= 4 is 24.0 Å². The van der Waals surface area contributed by atoms with Gasteiger partial charge in [0, 0.05) is 4.48 Å². The van der Waals surface area contributed by atoms with Crippen LogP contribution in [0.4, 0.5) is 0 Å². The number of aliphatic hydroxyl groups is 1. The normalized spacial score (nSPS) is 14.1. The Balaban J connectivity index is 3.95. The van der Waals surface area contributed by atoms with Gasteiger partial charge >= 0.3 is 0 Å². The highest BCUT2D eigenvalue weighted by atomic mass is 79.9. The molecule has 9 heavy (non-hydrogen) atoms. The molecule has 0 radical (unpaired) electrons. The van der Waals surface area contributed by atoms with E-state index in [9.17, 15) is 0 Å². The van der Waals surface area contributed by atoms with Crippen molar-refractivity contribution in [2.45, 2.75) is 19.6 Å². The fourth-order valence-electron chi connectivity index (χ4n) is 0.515. The summed E-state index contributed by atoms with van der Waals surface area (Å²) in [5, 5.41) is 8.61. The molecule has 0 aliphatic carbocycles. The summed E-state index contributed by atoms with van der Waals surface area (Å²) in [4.78, 5) is 0. The molecule has 0 bridgehead atoms. The molecule has 1 N–H and O–H groups in total. The van der Waals surface area contributed by atoms with Gasteiger partial charge in [0.25, 0.3) is 0 Å². The summed E-state index contributed by atoms with van der Waals surface area (Å²) in [5.41, 5.74) is 2.13. The van der Waals surface area contributed by atoms with Gasteiger partial charge in [0.05, 0.1) is 14.7 Å². The Kier molecular flexibility index (Phi) is 3.69. The van der Waals surface area contributed by atoms with Gasteiger partial charge in [0.2, 0.25) is 0 Å². The minimum absolute atomic E-state index is 0.129. The second-order valence-corrected chi connectivity index (χ2v) is 9.15. The molecule has 1 nitrogen and oxygen atoms in total. The summed E-state index contributed by atoms with van der Waals surface area (Å²) >= 11 is 3.26. The smallest absolute Gasteiger partial charge is 0.0739 e. The van der Waals surface area contributed by atoms with Crippen LogP contribution in [0.15, 0.2) is 10.2 Å². The molecular weight excluding hydrogens is 196 g/mol. The van der Waals surface area contributed by atoms with Crippen molar-refractivity contribution in [1.82, 2.24) is 0 Å². The molecule has 0 aromatic rings. The van der Waals surface area contributed by atoms with Crippen LogP contribution in [0.5, 0.6) is 0 Å². The van der Waals surface area contributed by atoms with E-state index in [4.69, 9.17) is 5.11 Å². The third kappa shape index (κ3) is 6.28. The van der Waals surface area contributed by atoms with Crippen LogP contribution in [0, 0.1) is 0 Å². The van der Waals surface area contributed by atoms with Gasteiger partial charge in [-0.25, -0.2) is 0 Å². The largest absolute Gasteiger partial charge is 0.391 e. The Hall–Kier alpha value is 0.397. The van der Waals surface area contributed by atoms with Crippen molar-refractivity contribution in [1.29, 1.82) is 0 Å². The van der Waals surface area contributed by atoms with Crippen LogP contribution in [0.2, 0.25) is 19.6 Å². The predicted molar refractivity (Wildman–Crippen MR) is 47.4 cm³/mol. The zero-order chi connectivity index (χ0) is 7.49. The number of hydrogen-bond acceptors (Lipinski definition) is 1. The van der Waals surface area contributed by atoms with E-state index in [0.29, 0.717) is 0 Å². The Morgan fingerprint density at radius 2 is 2.00 bits per heavy atom. The molecule has 0 aromatic carbocycles. The van der Waals surface area contributed by atoms with Gasteiger partial charge in [0.1, 0.15) is 0 Å². The number of halogens is 1. The summed E-state index contributed by atoms with van der Waals surface area (Å²) < 4.78 is 0.918. The summed E-state index contributed by atoms with van der Waals surface area (Å²) in [5.74, 6) is 0. The maximum absolute atomic E-state index is 8.61. The van der Waals surface area contributed by atoms with Crippen molar-refractivity contribution in [3.05, 3.63) is 10.2 Å². The lowest BCUT2D eigenvalue weighted by Crippen LogP contribution is -2.16. The van der Waals surface area contributed by atoms with Crippen LogP contribution in [0.25, 0.3) is 0 Å². The van der Waals surface area contributed by atoms with Crippen molar-refractivity contribution in [2.75, 3.05) is 6.61 Å². The minimum atomic E-state index is -1.11. The predicted octanol–water partition coefficient (Wildman–Crippen LogP) is 2.13. The molecule has 0 aliphatic rings. The van der Waals surface area contributed by atoms with Gasteiger partial charge in [-0.05, 0) is 0 Å². The molecule has 3 heteroatoms. The van der Waals surface area contributed by atoms with Crippen molar-refractivity contribution in [3.63, 3.8) is 0 Å². The second kappa shape index (κ2) is 3.54. The fourth-order valence-corrected chi connectivity index (χ4v) is 3.61. The molecule has 0 spiro atoms. The topological polar surface area (TPSA) is 20.2 Å². The maximum Gasteiger partial charge on any atom is 0.0739 e. The lowest BCUT2D eigenvalue weighted by atomic mass is 10.7. The Bertz CT molecular complexity index is 115. The summed E-state index contributed by atoms with van der Waals surface area (Å²) in [6, 6.07) is 0. The van der Waals surface area contributed by atoms with E-state index < -0.39 is 8.07 Å². The van der Waals surface area contributed by atoms with Crippen LogP contribution in [-0.2, 0) is 0 Å². The van der Waals surface area contributed by atoms with E-state index in [0.717, 1.165) is 4.48 Å². The highest BCUT2D eigenvalue weighted by Crippen LogP contribution is 2.10.